The van der Waals surface area contributed by atoms with Crippen LogP contribution in [0.1, 0.15) is 39.0 Å². The number of fused-ring (bicyclic) bond motifs is 1. The van der Waals surface area contributed by atoms with E-state index < -0.39 is 0 Å². The highest BCUT2D eigenvalue weighted by molar-refractivity contribution is 8.14. The molecule has 1 saturated carbocycles. The molecule has 1 aliphatic carbocycles. The van der Waals surface area contributed by atoms with E-state index in [2.05, 4.69) is 38.8 Å². The van der Waals surface area contributed by atoms with Crippen LogP contribution in [0, 0.1) is 0 Å². The number of anilines is 1. The van der Waals surface area contributed by atoms with Gasteiger partial charge in [0.25, 0.3) is 0 Å². The summed E-state index contributed by atoms with van der Waals surface area (Å²) >= 11 is 1.73. The van der Waals surface area contributed by atoms with Crippen LogP contribution in [-0.2, 0) is 4.79 Å². The number of carbonyl (C=O) groups excluding carboxylic acids is 1. The molecule has 1 aromatic heterocycles. The van der Waals surface area contributed by atoms with Crippen LogP contribution in [0.15, 0.2) is 29.4 Å². The van der Waals surface area contributed by atoms with Crippen molar-refractivity contribution in [3.63, 3.8) is 0 Å². The fourth-order valence-corrected chi connectivity index (χ4v) is 4.48. The topological polar surface area (TPSA) is 78.5 Å². The first-order valence-electron chi connectivity index (χ1n) is 9.88. The fourth-order valence-electron chi connectivity index (χ4n) is 3.64. The van der Waals surface area contributed by atoms with Gasteiger partial charge in [-0.3, -0.25) is 9.79 Å². The Bertz CT molecular complexity index is 827. The molecule has 1 aliphatic heterocycles. The molecule has 1 fully saturated rings. The van der Waals surface area contributed by atoms with Gasteiger partial charge in [-0.05, 0) is 31.9 Å². The number of carbonyl (C=O) groups is 1. The number of aliphatic imine (C=N–C) groups is 1. The molecule has 0 spiro atoms. The molecular weight excluding hydrogens is 372 g/mol. The third-order valence-corrected chi connectivity index (χ3v) is 6.21. The molecule has 1 aromatic carbocycles. The Morgan fingerprint density at radius 1 is 1.36 bits per heavy atom. The van der Waals surface area contributed by atoms with Crippen LogP contribution in [0.5, 0.6) is 5.75 Å². The summed E-state index contributed by atoms with van der Waals surface area (Å²) in [5.41, 5.74) is 2.34. The first-order chi connectivity index (χ1) is 13.6. The van der Waals surface area contributed by atoms with E-state index in [1.54, 1.807) is 25.9 Å². The Kier molecular flexibility index (Phi) is 7.25. The summed E-state index contributed by atoms with van der Waals surface area (Å²) in [5.74, 6) is 1.95. The summed E-state index contributed by atoms with van der Waals surface area (Å²) in [6.45, 7) is 1.98. The number of benzene rings is 1. The minimum Gasteiger partial charge on any atom is -0.497 e. The Morgan fingerprint density at radius 3 is 2.79 bits per heavy atom. The maximum absolute atomic E-state index is 10.9. The first kappa shape index (κ1) is 20.6. The van der Waals surface area contributed by atoms with E-state index in [-0.39, 0.29) is 11.9 Å². The molecule has 1 unspecified atom stereocenters. The second-order valence-corrected chi connectivity index (χ2v) is 8.45. The lowest BCUT2D eigenvalue weighted by molar-refractivity contribution is -0.120. The van der Waals surface area contributed by atoms with E-state index in [1.165, 1.54) is 36.6 Å². The van der Waals surface area contributed by atoms with Crippen LogP contribution < -0.4 is 15.4 Å². The van der Waals surface area contributed by atoms with Crippen molar-refractivity contribution >= 4 is 39.3 Å². The number of hydrogen-bond donors (Lipinski definition) is 3. The summed E-state index contributed by atoms with van der Waals surface area (Å²) < 4.78 is 5.34. The summed E-state index contributed by atoms with van der Waals surface area (Å²) in [5, 5.41) is 8.52. The summed E-state index contributed by atoms with van der Waals surface area (Å²) in [4.78, 5) is 18.5. The number of rotatable bonds is 5. The maximum atomic E-state index is 10.9. The fraction of sp³-hybridized carbons (Fsp3) is 0.524. The Balaban J connectivity index is 0.000000178. The summed E-state index contributed by atoms with van der Waals surface area (Å²) in [7, 11) is 3.37. The highest BCUT2D eigenvalue weighted by atomic mass is 32.2. The molecule has 3 N–H and O–H groups in total. The number of hydrogen-bond acceptors (Lipinski definition) is 5. The zero-order valence-electron chi connectivity index (χ0n) is 16.9. The first-order valence-corrected chi connectivity index (χ1v) is 10.9. The van der Waals surface area contributed by atoms with Crippen LogP contribution >= 0.6 is 11.8 Å². The number of thioether (sulfide) groups is 1. The average Bonchev–Trinajstić information content (AvgIpc) is 3.44. The number of aromatic amines is 1. The zero-order chi connectivity index (χ0) is 19.9. The molecule has 6 nitrogen and oxygen atoms in total. The number of nitrogens with one attached hydrogen (secondary N) is 3. The minimum atomic E-state index is 0.0778. The standard InChI is InChI=1S/C14H18N2O.C7H12N2OS/c1-17-12-8-10-6-7-15-14(10)13(9-12)16-11-4-2-3-5-11;1-5-9-6(4-11-5)3-7(10)8-2/h6-9,11,15-16H,2-5H2,1H3;6H,3-4H2,1-2H3,(H,8,10). The normalized spacial score (nSPS) is 19.1. The number of H-pyrrole nitrogens is 1. The van der Waals surface area contributed by atoms with Crippen LogP contribution in [-0.4, -0.2) is 47.9 Å². The van der Waals surface area contributed by atoms with Crippen LogP contribution in [0.25, 0.3) is 10.9 Å². The molecule has 2 aromatic rings. The lowest BCUT2D eigenvalue weighted by Crippen LogP contribution is -2.23. The number of amides is 1. The van der Waals surface area contributed by atoms with Gasteiger partial charge in [0.2, 0.25) is 5.91 Å². The van der Waals surface area contributed by atoms with E-state index in [4.69, 9.17) is 4.74 Å². The second-order valence-electron chi connectivity index (χ2n) is 7.23. The van der Waals surface area contributed by atoms with Crippen molar-refractivity contribution in [3.8, 4) is 5.75 Å². The van der Waals surface area contributed by atoms with Crippen molar-refractivity contribution < 1.29 is 9.53 Å². The van der Waals surface area contributed by atoms with Gasteiger partial charge in [-0.15, -0.1) is 11.8 Å². The Labute approximate surface area is 170 Å². The van der Waals surface area contributed by atoms with Crippen molar-refractivity contribution in [1.29, 1.82) is 0 Å². The lowest BCUT2D eigenvalue weighted by Gasteiger charge is -2.15. The van der Waals surface area contributed by atoms with Crippen molar-refractivity contribution in [2.75, 3.05) is 25.2 Å². The molecule has 152 valence electrons. The molecule has 1 atom stereocenters. The molecule has 1 amide bonds. The largest absolute Gasteiger partial charge is 0.497 e. The number of nitrogens with zero attached hydrogens (tertiary/aromatic N) is 1. The number of aromatic nitrogens is 1. The van der Waals surface area contributed by atoms with Crippen LogP contribution in [0.2, 0.25) is 0 Å². The van der Waals surface area contributed by atoms with Gasteiger partial charge in [0.05, 0.1) is 29.4 Å². The van der Waals surface area contributed by atoms with Gasteiger partial charge >= 0.3 is 0 Å². The van der Waals surface area contributed by atoms with E-state index in [1.807, 2.05) is 13.1 Å². The summed E-state index contributed by atoms with van der Waals surface area (Å²) in [6, 6.07) is 7.05. The monoisotopic (exact) mass is 402 g/mol. The third-order valence-electron chi connectivity index (χ3n) is 5.13. The molecular formula is C21H30N4O2S. The average molecular weight is 403 g/mol. The van der Waals surface area contributed by atoms with Gasteiger partial charge in [-0.2, -0.15) is 0 Å². The predicted molar refractivity (Wildman–Crippen MR) is 119 cm³/mol. The van der Waals surface area contributed by atoms with Crippen molar-refractivity contribution in [3.05, 3.63) is 24.4 Å². The van der Waals surface area contributed by atoms with Crippen LogP contribution in [0.3, 0.4) is 0 Å². The SMILES string of the molecule is CNC(=O)CC1CSC(C)=N1.COc1cc(NC2CCCC2)c2[nH]ccc2c1. The molecule has 0 saturated heterocycles. The van der Waals surface area contributed by atoms with E-state index >= 15 is 0 Å². The maximum Gasteiger partial charge on any atom is 0.221 e. The smallest absolute Gasteiger partial charge is 0.221 e. The third kappa shape index (κ3) is 5.44. The van der Waals surface area contributed by atoms with Gasteiger partial charge in [0.1, 0.15) is 5.75 Å². The molecule has 0 bridgehead atoms. The van der Waals surface area contributed by atoms with Gasteiger partial charge in [-0.1, -0.05) is 12.8 Å². The van der Waals surface area contributed by atoms with Crippen molar-refractivity contribution in [2.24, 2.45) is 4.99 Å². The molecule has 0 radical (unpaired) electrons. The zero-order valence-corrected chi connectivity index (χ0v) is 17.7. The van der Waals surface area contributed by atoms with Gasteiger partial charge in [-0.25, -0.2) is 0 Å². The number of ether oxygens (including phenoxy) is 1. The quantitative estimate of drug-likeness (QED) is 0.701. The molecule has 7 heteroatoms. The van der Waals surface area contributed by atoms with E-state index in [9.17, 15) is 4.79 Å². The second kappa shape index (κ2) is 9.87. The minimum absolute atomic E-state index is 0.0778. The lowest BCUT2D eigenvalue weighted by atomic mass is 10.2. The highest BCUT2D eigenvalue weighted by Crippen LogP contribution is 2.31. The van der Waals surface area contributed by atoms with Gasteiger partial charge < -0.3 is 20.4 Å². The Hall–Kier alpha value is -2.15. The van der Waals surface area contributed by atoms with Gasteiger partial charge in [0.15, 0.2) is 0 Å². The number of methoxy groups -OCH3 is 1. The van der Waals surface area contributed by atoms with Crippen molar-refractivity contribution in [1.82, 2.24) is 10.3 Å². The summed E-state index contributed by atoms with van der Waals surface area (Å²) in [6.07, 6.45) is 7.74. The highest BCUT2D eigenvalue weighted by Gasteiger charge is 2.18. The predicted octanol–water partition coefficient (Wildman–Crippen LogP) is 4.19. The Morgan fingerprint density at radius 2 is 2.14 bits per heavy atom. The molecule has 2 heterocycles. The molecule has 4 rings (SSSR count). The van der Waals surface area contributed by atoms with Crippen molar-refractivity contribution in [2.45, 2.75) is 51.1 Å². The van der Waals surface area contributed by atoms with Crippen LogP contribution in [0.4, 0.5) is 5.69 Å². The van der Waals surface area contributed by atoms with Gasteiger partial charge in [0, 0.05) is 42.9 Å². The molecule has 2 aliphatic rings. The molecule has 28 heavy (non-hydrogen) atoms. The van der Waals surface area contributed by atoms with E-state index in [0.717, 1.165) is 22.2 Å². The van der Waals surface area contributed by atoms with E-state index in [0.29, 0.717) is 12.5 Å².